The van der Waals surface area contributed by atoms with Gasteiger partial charge in [0.1, 0.15) is 0 Å². The zero-order valence-corrected chi connectivity index (χ0v) is 16.6. The summed E-state index contributed by atoms with van der Waals surface area (Å²) in [6, 6.07) is 7.23. The van der Waals surface area contributed by atoms with Gasteiger partial charge in [-0.05, 0) is 63.4 Å². The molecule has 3 rings (SSSR count). The first-order valence-electron chi connectivity index (χ1n) is 9.68. The predicted octanol–water partition coefficient (Wildman–Crippen LogP) is 2.78. The van der Waals surface area contributed by atoms with Crippen molar-refractivity contribution < 1.29 is 9.59 Å². The van der Waals surface area contributed by atoms with Crippen molar-refractivity contribution >= 4 is 23.5 Å². The van der Waals surface area contributed by atoms with E-state index in [9.17, 15) is 9.59 Å². The number of carbonyl (C=O) groups is 2. The summed E-state index contributed by atoms with van der Waals surface area (Å²) in [5.74, 6) is 0.596. The number of carbonyl (C=O) groups excluding carboxylic acids is 2. The molecule has 0 bridgehead atoms. The van der Waals surface area contributed by atoms with Gasteiger partial charge in [-0.25, -0.2) is 9.97 Å². The van der Waals surface area contributed by atoms with Crippen LogP contribution in [0.25, 0.3) is 0 Å². The molecule has 0 saturated carbocycles. The van der Waals surface area contributed by atoms with E-state index in [0.29, 0.717) is 11.5 Å². The minimum atomic E-state index is -0.105. The van der Waals surface area contributed by atoms with Crippen LogP contribution in [-0.4, -0.2) is 40.9 Å². The zero-order valence-electron chi connectivity index (χ0n) is 16.6. The fourth-order valence-corrected chi connectivity index (χ4v) is 3.32. The van der Waals surface area contributed by atoms with E-state index in [2.05, 4.69) is 25.5 Å². The highest BCUT2D eigenvalue weighted by Gasteiger charge is 2.26. The Morgan fingerprint density at radius 1 is 1.14 bits per heavy atom. The van der Waals surface area contributed by atoms with Crippen LogP contribution in [0.4, 0.5) is 11.6 Å². The number of piperidine rings is 1. The molecule has 0 atom stereocenters. The molecule has 0 spiro atoms. The lowest BCUT2D eigenvalue weighted by Crippen LogP contribution is -2.39. The molecular weight excluding hydrogens is 354 g/mol. The van der Waals surface area contributed by atoms with Crippen LogP contribution in [0, 0.1) is 12.8 Å². The Kier molecular flexibility index (Phi) is 6.23. The van der Waals surface area contributed by atoms with E-state index in [1.54, 1.807) is 30.6 Å². The maximum atomic E-state index is 12.7. The van der Waals surface area contributed by atoms with Crippen molar-refractivity contribution in [1.82, 2.24) is 15.3 Å². The number of aryl methyl sites for hydroxylation is 1. The monoisotopic (exact) mass is 381 g/mol. The molecule has 2 heterocycles. The lowest BCUT2D eigenvalue weighted by atomic mass is 9.95. The predicted molar refractivity (Wildman–Crippen MR) is 109 cm³/mol. The van der Waals surface area contributed by atoms with Crippen molar-refractivity contribution in [1.29, 1.82) is 0 Å². The van der Waals surface area contributed by atoms with Crippen LogP contribution in [0.2, 0.25) is 0 Å². The van der Waals surface area contributed by atoms with Crippen LogP contribution < -0.4 is 15.5 Å². The summed E-state index contributed by atoms with van der Waals surface area (Å²) in [5, 5.41) is 5.90. The summed E-state index contributed by atoms with van der Waals surface area (Å²) < 4.78 is 0. The third-order valence-electron chi connectivity index (χ3n) is 4.87. The number of benzene rings is 1. The first kappa shape index (κ1) is 19.8. The van der Waals surface area contributed by atoms with Gasteiger partial charge in [0.2, 0.25) is 11.9 Å². The molecule has 1 saturated heterocycles. The molecule has 2 amide bonds. The second kappa shape index (κ2) is 8.82. The fraction of sp³-hybridized carbons (Fsp3) is 0.429. The standard InChI is InChI=1S/C21H27N5O2/c1-14(2)24-20(28)17-5-6-18(15(3)13-17)25-19(27)16-7-11-26(12-8-16)21-22-9-4-10-23-21/h4-6,9-10,13-14,16H,7-8,11-12H2,1-3H3,(H,24,28)(H,25,27). The summed E-state index contributed by atoms with van der Waals surface area (Å²) in [6.07, 6.45) is 4.99. The second-order valence-corrected chi connectivity index (χ2v) is 7.46. The van der Waals surface area contributed by atoms with E-state index in [4.69, 9.17) is 0 Å². The molecule has 7 nitrogen and oxygen atoms in total. The first-order valence-corrected chi connectivity index (χ1v) is 9.68. The SMILES string of the molecule is Cc1cc(C(=O)NC(C)C)ccc1NC(=O)C1CCN(c2ncccn2)CC1. The number of aromatic nitrogens is 2. The molecule has 0 unspecified atom stereocenters. The van der Waals surface area contributed by atoms with Gasteiger partial charge in [0.25, 0.3) is 5.91 Å². The van der Waals surface area contributed by atoms with Crippen molar-refractivity contribution in [3.63, 3.8) is 0 Å². The average Bonchev–Trinajstić information content (AvgIpc) is 2.69. The Balaban J connectivity index is 1.57. The Morgan fingerprint density at radius 3 is 2.43 bits per heavy atom. The molecular formula is C21H27N5O2. The number of rotatable bonds is 5. The molecule has 1 aliphatic heterocycles. The highest BCUT2D eigenvalue weighted by molar-refractivity contribution is 5.97. The molecule has 148 valence electrons. The minimum absolute atomic E-state index is 0.0242. The van der Waals surface area contributed by atoms with Crippen molar-refractivity contribution in [2.24, 2.45) is 5.92 Å². The van der Waals surface area contributed by atoms with Crippen molar-refractivity contribution in [3.05, 3.63) is 47.8 Å². The van der Waals surface area contributed by atoms with Gasteiger partial charge >= 0.3 is 0 Å². The van der Waals surface area contributed by atoms with Gasteiger partial charge in [-0.3, -0.25) is 9.59 Å². The number of nitrogens with one attached hydrogen (secondary N) is 2. The fourth-order valence-electron chi connectivity index (χ4n) is 3.32. The van der Waals surface area contributed by atoms with Gasteiger partial charge in [-0.15, -0.1) is 0 Å². The Labute approximate surface area is 165 Å². The molecule has 28 heavy (non-hydrogen) atoms. The lowest BCUT2D eigenvalue weighted by Gasteiger charge is -2.31. The smallest absolute Gasteiger partial charge is 0.251 e. The third-order valence-corrected chi connectivity index (χ3v) is 4.87. The summed E-state index contributed by atoms with van der Waals surface area (Å²) >= 11 is 0. The molecule has 1 aromatic carbocycles. The molecule has 1 fully saturated rings. The van der Waals surface area contributed by atoms with E-state index < -0.39 is 0 Å². The largest absolute Gasteiger partial charge is 0.350 e. The normalized spacial score (nSPS) is 14.8. The summed E-state index contributed by atoms with van der Waals surface area (Å²) in [4.78, 5) is 35.5. The van der Waals surface area contributed by atoms with Crippen LogP contribution in [0.3, 0.4) is 0 Å². The van der Waals surface area contributed by atoms with Crippen LogP contribution in [0.5, 0.6) is 0 Å². The molecule has 2 aromatic rings. The Bertz CT molecular complexity index is 830. The lowest BCUT2D eigenvalue weighted by molar-refractivity contribution is -0.120. The van der Waals surface area contributed by atoms with E-state index >= 15 is 0 Å². The van der Waals surface area contributed by atoms with E-state index in [1.165, 1.54) is 0 Å². The number of amides is 2. The highest BCUT2D eigenvalue weighted by atomic mass is 16.2. The van der Waals surface area contributed by atoms with E-state index in [1.807, 2.05) is 26.8 Å². The molecule has 1 aliphatic rings. The molecule has 0 radical (unpaired) electrons. The van der Waals surface area contributed by atoms with E-state index in [-0.39, 0.29) is 23.8 Å². The summed E-state index contributed by atoms with van der Waals surface area (Å²) in [5.41, 5.74) is 2.22. The minimum Gasteiger partial charge on any atom is -0.350 e. The number of hydrogen-bond acceptors (Lipinski definition) is 5. The maximum Gasteiger partial charge on any atom is 0.251 e. The number of anilines is 2. The van der Waals surface area contributed by atoms with Gasteiger partial charge in [-0.2, -0.15) is 0 Å². The second-order valence-electron chi connectivity index (χ2n) is 7.46. The van der Waals surface area contributed by atoms with Gasteiger partial charge < -0.3 is 15.5 Å². The van der Waals surface area contributed by atoms with Gasteiger partial charge in [0, 0.05) is 48.7 Å². The van der Waals surface area contributed by atoms with Crippen LogP contribution >= 0.6 is 0 Å². The number of nitrogens with zero attached hydrogens (tertiary/aromatic N) is 3. The average molecular weight is 381 g/mol. The summed E-state index contributed by atoms with van der Waals surface area (Å²) in [7, 11) is 0. The van der Waals surface area contributed by atoms with E-state index in [0.717, 1.165) is 37.2 Å². The molecule has 0 aliphatic carbocycles. The molecule has 1 aromatic heterocycles. The maximum absolute atomic E-state index is 12.7. The Morgan fingerprint density at radius 2 is 1.82 bits per heavy atom. The zero-order chi connectivity index (χ0) is 20.1. The molecule has 7 heteroatoms. The van der Waals surface area contributed by atoms with Gasteiger partial charge in [-0.1, -0.05) is 0 Å². The highest BCUT2D eigenvalue weighted by Crippen LogP contribution is 2.23. The van der Waals surface area contributed by atoms with Gasteiger partial charge in [0.05, 0.1) is 0 Å². The van der Waals surface area contributed by atoms with Crippen LogP contribution in [-0.2, 0) is 4.79 Å². The molecule has 2 N–H and O–H groups in total. The van der Waals surface area contributed by atoms with Crippen molar-refractivity contribution in [2.75, 3.05) is 23.3 Å². The first-order chi connectivity index (χ1) is 13.4. The topological polar surface area (TPSA) is 87.2 Å². The van der Waals surface area contributed by atoms with Crippen LogP contribution in [0.1, 0.15) is 42.6 Å². The Hall–Kier alpha value is -2.96. The quantitative estimate of drug-likeness (QED) is 0.832. The summed E-state index contributed by atoms with van der Waals surface area (Å²) in [6.45, 7) is 7.27. The van der Waals surface area contributed by atoms with Crippen molar-refractivity contribution in [2.45, 2.75) is 39.7 Å². The van der Waals surface area contributed by atoms with Gasteiger partial charge in [0.15, 0.2) is 0 Å². The van der Waals surface area contributed by atoms with Crippen LogP contribution in [0.15, 0.2) is 36.7 Å². The third kappa shape index (κ3) is 4.85. The number of hydrogen-bond donors (Lipinski definition) is 2. The van der Waals surface area contributed by atoms with Crippen molar-refractivity contribution in [3.8, 4) is 0 Å².